The number of hydrogen-bond acceptors (Lipinski definition) is 1. The van der Waals surface area contributed by atoms with E-state index < -0.39 is 12.6 Å². The van der Waals surface area contributed by atoms with Crippen LogP contribution in [0.3, 0.4) is 0 Å². The molecule has 0 amide bonds. The van der Waals surface area contributed by atoms with Crippen LogP contribution in [-0.2, 0) is 6.54 Å². The summed E-state index contributed by atoms with van der Waals surface area (Å²) in [6.07, 6.45) is -4.49. The molecular formula is C12H12F4N2S. The Bertz CT molecular complexity index is 627. The third-order valence-electron chi connectivity index (χ3n) is 2.83. The highest BCUT2D eigenvalue weighted by atomic mass is 32.1. The van der Waals surface area contributed by atoms with Crippen LogP contribution in [0.25, 0.3) is 11.0 Å². The molecule has 1 heterocycles. The van der Waals surface area contributed by atoms with Gasteiger partial charge in [0.1, 0.15) is 5.82 Å². The van der Waals surface area contributed by atoms with E-state index >= 15 is 0 Å². The number of nitrogens with zero attached hydrogens (tertiary/aromatic N) is 1. The SMILES string of the molecule is Fc1ccc2c(c1)[nH]c(=S)n2CCCCC(F)(F)F. The first-order valence-electron chi connectivity index (χ1n) is 5.82. The third kappa shape index (κ3) is 3.56. The monoisotopic (exact) mass is 292 g/mol. The summed E-state index contributed by atoms with van der Waals surface area (Å²) in [4.78, 5) is 2.84. The maximum absolute atomic E-state index is 13.0. The molecule has 0 fully saturated rings. The molecule has 7 heteroatoms. The van der Waals surface area contributed by atoms with Crippen LogP contribution in [0.1, 0.15) is 19.3 Å². The summed E-state index contributed by atoms with van der Waals surface area (Å²) in [7, 11) is 0. The average Bonchev–Trinajstić information content (AvgIpc) is 2.58. The van der Waals surface area contributed by atoms with Crippen LogP contribution in [0.2, 0.25) is 0 Å². The molecular weight excluding hydrogens is 280 g/mol. The number of hydrogen-bond donors (Lipinski definition) is 1. The smallest absolute Gasteiger partial charge is 0.330 e. The van der Waals surface area contributed by atoms with Gasteiger partial charge in [-0.2, -0.15) is 13.2 Å². The maximum atomic E-state index is 13.0. The second-order valence-electron chi connectivity index (χ2n) is 4.32. The highest BCUT2D eigenvalue weighted by molar-refractivity contribution is 7.71. The number of halogens is 4. The molecule has 2 nitrogen and oxygen atoms in total. The molecule has 0 saturated heterocycles. The van der Waals surface area contributed by atoms with Crippen LogP contribution in [0.5, 0.6) is 0 Å². The van der Waals surface area contributed by atoms with Gasteiger partial charge >= 0.3 is 6.18 Å². The number of aryl methyl sites for hydroxylation is 1. The molecule has 0 aliphatic heterocycles. The van der Waals surface area contributed by atoms with Crippen molar-refractivity contribution >= 4 is 23.3 Å². The second kappa shape index (κ2) is 5.32. The predicted molar refractivity (Wildman–Crippen MR) is 67.0 cm³/mol. The van der Waals surface area contributed by atoms with Crippen LogP contribution in [0.4, 0.5) is 17.6 Å². The lowest BCUT2D eigenvalue weighted by atomic mass is 10.2. The van der Waals surface area contributed by atoms with Crippen molar-refractivity contribution in [3.05, 3.63) is 28.8 Å². The molecule has 104 valence electrons. The Morgan fingerprint density at radius 1 is 1.21 bits per heavy atom. The molecule has 1 N–H and O–H groups in total. The molecule has 2 rings (SSSR count). The summed E-state index contributed by atoms with van der Waals surface area (Å²) >= 11 is 5.08. The van der Waals surface area contributed by atoms with E-state index in [0.29, 0.717) is 28.8 Å². The molecule has 0 radical (unpaired) electrons. The highest BCUT2D eigenvalue weighted by Crippen LogP contribution is 2.23. The minimum atomic E-state index is -4.12. The van der Waals surface area contributed by atoms with Crippen molar-refractivity contribution < 1.29 is 17.6 Å². The molecule has 1 aromatic heterocycles. The van der Waals surface area contributed by atoms with Crippen LogP contribution >= 0.6 is 12.2 Å². The fourth-order valence-electron chi connectivity index (χ4n) is 1.95. The van der Waals surface area contributed by atoms with Crippen molar-refractivity contribution in [1.29, 1.82) is 0 Å². The molecule has 0 spiro atoms. The van der Waals surface area contributed by atoms with Crippen LogP contribution in [0.15, 0.2) is 18.2 Å². The number of benzene rings is 1. The summed E-state index contributed by atoms with van der Waals surface area (Å²) < 4.78 is 51.2. The fraction of sp³-hybridized carbons (Fsp3) is 0.417. The molecule has 0 aliphatic carbocycles. The Morgan fingerprint density at radius 3 is 2.63 bits per heavy atom. The van der Waals surface area contributed by atoms with Crippen molar-refractivity contribution in [3.63, 3.8) is 0 Å². The minimum absolute atomic E-state index is 0.0547. The topological polar surface area (TPSA) is 20.7 Å². The van der Waals surface area contributed by atoms with E-state index in [9.17, 15) is 17.6 Å². The zero-order valence-corrected chi connectivity index (χ0v) is 10.7. The zero-order chi connectivity index (χ0) is 14.0. The van der Waals surface area contributed by atoms with E-state index in [-0.39, 0.29) is 12.2 Å². The first-order valence-corrected chi connectivity index (χ1v) is 6.22. The summed E-state index contributed by atoms with van der Waals surface area (Å²) in [5.41, 5.74) is 1.26. The van der Waals surface area contributed by atoms with Gasteiger partial charge in [0.15, 0.2) is 4.77 Å². The van der Waals surface area contributed by atoms with Gasteiger partial charge in [-0.05, 0) is 43.3 Å². The number of alkyl halides is 3. The number of rotatable bonds is 4. The largest absolute Gasteiger partial charge is 0.389 e. The lowest BCUT2D eigenvalue weighted by molar-refractivity contribution is -0.135. The van der Waals surface area contributed by atoms with Gasteiger partial charge in [0.2, 0.25) is 0 Å². The van der Waals surface area contributed by atoms with Gasteiger partial charge in [-0.1, -0.05) is 0 Å². The number of fused-ring (bicyclic) bond motifs is 1. The van der Waals surface area contributed by atoms with E-state index in [1.165, 1.54) is 12.1 Å². The predicted octanol–water partition coefficient (Wildman–Crippen LogP) is 4.57. The van der Waals surface area contributed by atoms with Crippen molar-refractivity contribution in [2.24, 2.45) is 0 Å². The number of nitrogens with one attached hydrogen (secondary N) is 1. The van der Waals surface area contributed by atoms with Gasteiger partial charge in [0.25, 0.3) is 0 Å². The van der Waals surface area contributed by atoms with Crippen molar-refractivity contribution in [1.82, 2.24) is 9.55 Å². The maximum Gasteiger partial charge on any atom is 0.389 e. The lowest BCUT2D eigenvalue weighted by Gasteiger charge is -2.07. The zero-order valence-electron chi connectivity index (χ0n) is 9.93. The summed E-state index contributed by atoms with van der Waals surface area (Å²) in [5.74, 6) is -0.382. The molecule has 0 saturated carbocycles. The third-order valence-corrected chi connectivity index (χ3v) is 3.15. The van der Waals surface area contributed by atoms with Gasteiger partial charge in [0.05, 0.1) is 11.0 Å². The number of unbranched alkanes of at least 4 members (excludes halogenated alkanes) is 1. The quantitative estimate of drug-likeness (QED) is 0.497. The summed E-state index contributed by atoms with van der Waals surface area (Å²) in [6.45, 7) is 0.389. The van der Waals surface area contributed by atoms with Gasteiger partial charge in [-0.3, -0.25) is 0 Å². The standard InChI is InChI=1S/C12H12F4N2S/c13-8-3-4-10-9(7-8)17-11(19)18(10)6-2-1-5-12(14,15)16/h3-4,7H,1-2,5-6H2,(H,17,19). The second-order valence-corrected chi connectivity index (χ2v) is 4.70. The van der Waals surface area contributed by atoms with Crippen LogP contribution < -0.4 is 0 Å². The number of aromatic amines is 1. The van der Waals surface area contributed by atoms with Crippen molar-refractivity contribution in [3.8, 4) is 0 Å². The van der Waals surface area contributed by atoms with Gasteiger partial charge in [-0.25, -0.2) is 4.39 Å². The van der Waals surface area contributed by atoms with Crippen LogP contribution in [-0.4, -0.2) is 15.7 Å². The first-order chi connectivity index (χ1) is 8.87. The number of H-pyrrole nitrogens is 1. The highest BCUT2D eigenvalue weighted by Gasteiger charge is 2.25. The first kappa shape index (κ1) is 14.0. The minimum Gasteiger partial charge on any atom is -0.330 e. The fourth-order valence-corrected chi connectivity index (χ4v) is 2.25. The normalized spacial score (nSPS) is 12.2. The van der Waals surface area contributed by atoms with E-state index in [1.54, 1.807) is 10.6 Å². The van der Waals surface area contributed by atoms with Crippen molar-refractivity contribution in [2.45, 2.75) is 32.0 Å². The number of aromatic nitrogens is 2. The van der Waals surface area contributed by atoms with E-state index in [4.69, 9.17) is 12.2 Å². The lowest BCUT2D eigenvalue weighted by Crippen LogP contribution is -2.07. The van der Waals surface area contributed by atoms with E-state index in [1.807, 2.05) is 0 Å². The summed E-state index contributed by atoms with van der Waals surface area (Å²) in [6, 6.07) is 4.19. The molecule has 19 heavy (non-hydrogen) atoms. The Hall–Kier alpha value is -1.37. The van der Waals surface area contributed by atoms with Gasteiger partial charge in [-0.15, -0.1) is 0 Å². The Kier molecular flexibility index (Phi) is 3.93. The van der Waals surface area contributed by atoms with Crippen molar-refractivity contribution in [2.75, 3.05) is 0 Å². The number of imidazole rings is 1. The van der Waals surface area contributed by atoms with Gasteiger partial charge in [0, 0.05) is 13.0 Å². The van der Waals surface area contributed by atoms with Gasteiger partial charge < -0.3 is 9.55 Å². The molecule has 1 aromatic carbocycles. The van der Waals surface area contributed by atoms with E-state index in [2.05, 4.69) is 4.98 Å². The average molecular weight is 292 g/mol. The Labute approximate surface area is 112 Å². The Morgan fingerprint density at radius 2 is 1.95 bits per heavy atom. The Balaban J connectivity index is 2.09. The van der Waals surface area contributed by atoms with Crippen LogP contribution in [0, 0.1) is 10.6 Å². The summed E-state index contributed by atoms with van der Waals surface area (Å²) in [5, 5.41) is 0. The molecule has 2 aromatic rings. The molecule has 0 aliphatic rings. The van der Waals surface area contributed by atoms with E-state index in [0.717, 1.165) is 0 Å². The molecule has 0 atom stereocenters. The molecule has 0 unspecified atom stereocenters. The molecule has 0 bridgehead atoms.